The van der Waals surface area contributed by atoms with Crippen molar-refractivity contribution in [3.8, 4) is 0 Å². The normalized spacial score (nSPS) is 12.5. The molecule has 1 N–H and O–H groups in total. The van der Waals surface area contributed by atoms with E-state index in [1.54, 1.807) is 0 Å². The Hall–Kier alpha value is -0.830. The molecule has 0 aliphatic rings. The monoisotopic (exact) mass is 551 g/mol. The molecule has 0 heterocycles. The summed E-state index contributed by atoms with van der Waals surface area (Å²) in [7, 11) is 0. The second-order valence-electron chi connectivity index (χ2n) is 12.0. The topological polar surface area (TPSA) is 46.5 Å². The maximum Gasteiger partial charge on any atom is 0.303 e. The highest BCUT2D eigenvalue weighted by molar-refractivity contribution is 5.66. The molecule has 0 aromatic heterocycles. The van der Waals surface area contributed by atoms with E-state index >= 15 is 0 Å². The highest BCUT2D eigenvalue weighted by Crippen LogP contribution is 2.18. The maximum absolute atomic E-state index is 10.6. The van der Waals surface area contributed by atoms with Crippen molar-refractivity contribution in [2.24, 2.45) is 0 Å². The second-order valence-corrected chi connectivity index (χ2v) is 12.0. The van der Waals surface area contributed by atoms with E-state index in [0.29, 0.717) is 12.5 Å². The van der Waals surface area contributed by atoms with E-state index in [-0.39, 0.29) is 0 Å². The lowest BCUT2D eigenvalue weighted by Crippen LogP contribution is -2.14. The van der Waals surface area contributed by atoms with E-state index in [4.69, 9.17) is 9.84 Å². The van der Waals surface area contributed by atoms with Crippen molar-refractivity contribution in [2.75, 3.05) is 6.61 Å². The van der Waals surface area contributed by atoms with Gasteiger partial charge in [0.2, 0.25) is 0 Å². The Morgan fingerprint density at radius 1 is 0.538 bits per heavy atom. The van der Waals surface area contributed by atoms with Gasteiger partial charge in [0.25, 0.3) is 0 Å². The number of aliphatic carboxylic acids is 1. The number of unbranched alkanes of at least 4 members (excludes halogenated alkanes) is 22. The van der Waals surface area contributed by atoms with Crippen LogP contribution < -0.4 is 0 Å². The van der Waals surface area contributed by atoms with E-state index in [2.05, 4.69) is 26.0 Å². The third-order valence-corrected chi connectivity index (χ3v) is 8.06. The predicted octanol–water partition coefficient (Wildman–Crippen LogP) is 12.4. The van der Waals surface area contributed by atoms with Gasteiger partial charge in [0.15, 0.2) is 0 Å². The van der Waals surface area contributed by atoms with Crippen LogP contribution in [-0.4, -0.2) is 23.8 Å². The minimum Gasteiger partial charge on any atom is -0.481 e. The summed E-state index contributed by atoms with van der Waals surface area (Å²) in [5, 5.41) is 8.70. The van der Waals surface area contributed by atoms with Crippen molar-refractivity contribution in [1.82, 2.24) is 0 Å². The summed E-state index contributed by atoms with van der Waals surface area (Å²) in [4.78, 5) is 10.6. The Morgan fingerprint density at radius 2 is 0.923 bits per heavy atom. The van der Waals surface area contributed by atoms with Gasteiger partial charge in [0, 0.05) is 13.0 Å². The van der Waals surface area contributed by atoms with Gasteiger partial charge in [0.05, 0.1) is 6.10 Å². The Balaban J connectivity index is 3.67. The van der Waals surface area contributed by atoms with Gasteiger partial charge in [-0.05, 0) is 51.4 Å². The summed E-state index contributed by atoms with van der Waals surface area (Å²) in [6.45, 7) is 5.53. The van der Waals surface area contributed by atoms with Gasteiger partial charge in [-0.2, -0.15) is 0 Å². The highest BCUT2D eigenvalue weighted by Gasteiger charge is 2.09. The molecule has 0 rings (SSSR count). The first kappa shape index (κ1) is 38.2. The predicted molar refractivity (Wildman–Crippen MR) is 172 cm³/mol. The van der Waals surface area contributed by atoms with E-state index < -0.39 is 5.97 Å². The molecule has 0 aliphatic carbocycles. The summed E-state index contributed by atoms with van der Waals surface area (Å²) in [6, 6.07) is 0. The lowest BCUT2D eigenvalue weighted by atomic mass is 10.0. The number of carboxylic acid groups (broad SMARTS) is 1. The third kappa shape index (κ3) is 33.3. The smallest absolute Gasteiger partial charge is 0.303 e. The SMILES string of the molecule is CCCCCCCC/C=C\CCCCCCCCOC(CCCCCC)CCCCCCCCCCC(=O)O. The van der Waals surface area contributed by atoms with Gasteiger partial charge in [-0.15, -0.1) is 0 Å². The van der Waals surface area contributed by atoms with Crippen molar-refractivity contribution in [3.63, 3.8) is 0 Å². The quantitative estimate of drug-likeness (QED) is 0.0652. The van der Waals surface area contributed by atoms with Crippen LogP contribution in [0.5, 0.6) is 0 Å². The van der Waals surface area contributed by atoms with Crippen molar-refractivity contribution in [1.29, 1.82) is 0 Å². The lowest BCUT2D eigenvalue weighted by Gasteiger charge is -2.18. The number of ether oxygens (including phenoxy) is 1. The summed E-state index contributed by atoms with van der Waals surface area (Å²) < 4.78 is 6.38. The molecule has 0 bridgehead atoms. The van der Waals surface area contributed by atoms with Crippen LogP contribution in [0.15, 0.2) is 12.2 Å². The summed E-state index contributed by atoms with van der Waals surface area (Å²) >= 11 is 0. The fourth-order valence-electron chi connectivity index (χ4n) is 5.42. The number of carboxylic acids is 1. The summed E-state index contributed by atoms with van der Waals surface area (Å²) in [6.07, 6.45) is 42.0. The van der Waals surface area contributed by atoms with Gasteiger partial charge in [-0.25, -0.2) is 0 Å². The van der Waals surface area contributed by atoms with Crippen molar-refractivity contribution in [3.05, 3.63) is 12.2 Å². The van der Waals surface area contributed by atoms with E-state index in [1.165, 1.54) is 167 Å². The molecule has 232 valence electrons. The van der Waals surface area contributed by atoms with Crippen molar-refractivity contribution >= 4 is 5.97 Å². The van der Waals surface area contributed by atoms with Crippen LogP contribution in [-0.2, 0) is 9.53 Å². The van der Waals surface area contributed by atoms with E-state index in [1.807, 2.05) is 0 Å². The molecule has 1 atom stereocenters. The maximum atomic E-state index is 10.6. The zero-order chi connectivity index (χ0) is 28.5. The Bertz CT molecular complexity index is 502. The minimum atomic E-state index is -0.658. The first-order valence-corrected chi connectivity index (χ1v) is 17.7. The molecule has 0 fully saturated rings. The zero-order valence-electron chi connectivity index (χ0n) is 26.7. The molecule has 0 spiro atoms. The van der Waals surface area contributed by atoms with Crippen LogP contribution >= 0.6 is 0 Å². The minimum absolute atomic E-state index is 0.330. The number of carbonyl (C=O) groups is 1. The third-order valence-electron chi connectivity index (χ3n) is 8.06. The summed E-state index contributed by atoms with van der Waals surface area (Å²) in [5.74, 6) is -0.658. The number of allylic oxidation sites excluding steroid dienone is 2. The van der Waals surface area contributed by atoms with Crippen LogP contribution in [0.2, 0.25) is 0 Å². The average Bonchev–Trinajstić information content (AvgIpc) is 2.93. The number of hydrogen-bond acceptors (Lipinski definition) is 2. The standard InChI is InChI=1S/C36H70O3/c1-3-5-7-9-10-11-12-13-14-15-16-17-20-23-26-30-34-39-35(31-27-8-6-4-2)32-28-24-21-18-19-22-25-29-33-36(37)38/h13-14,35H,3-12,15-34H2,1-2H3,(H,37,38)/b14-13-. The Labute approximate surface area is 245 Å². The Morgan fingerprint density at radius 3 is 1.41 bits per heavy atom. The first-order valence-electron chi connectivity index (χ1n) is 17.7. The molecule has 39 heavy (non-hydrogen) atoms. The zero-order valence-corrected chi connectivity index (χ0v) is 26.7. The van der Waals surface area contributed by atoms with E-state index in [9.17, 15) is 4.79 Å². The van der Waals surface area contributed by atoms with E-state index in [0.717, 1.165) is 19.4 Å². The molecule has 0 radical (unpaired) electrons. The fraction of sp³-hybridized carbons (Fsp3) is 0.917. The van der Waals surface area contributed by atoms with Crippen molar-refractivity contribution in [2.45, 2.75) is 206 Å². The van der Waals surface area contributed by atoms with Crippen LogP contribution in [0, 0.1) is 0 Å². The molecule has 3 nitrogen and oxygen atoms in total. The molecular formula is C36H70O3. The fourth-order valence-corrected chi connectivity index (χ4v) is 5.42. The molecule has 0 aromatic rings. The molecule has 1 unspecified atom stereocenters. The highest BCUT2D eigenvalue weighted by atomic mass is 16.5. The lowest BCUT2D eigenvalue weighted by molar-refractivity contribution is -0.137. The molecule has 0 saturated heterocycles. The first-order chi connectivity index (χ1) is 19.2. The van der Waals surface area contributed by atoms with Crippen LogP contribution in [0.3, 0.4) is 0 Å². The van der Waals surface area contributed by atoms with Crippen LogP contribution in [0.4, 0.5) is 0 Å². The number of rotatable bonds is 33. The molecule has 0 aromatic carbocycles. The van der Waals surface area contributed by atoms with Gasteiger partial charge in [-0.3, -0.25) is 4.79 Å². The van der Waals surface area contributed by atoms with Gasteiger partial charge >= 0.3 is 5.97 Å². The van der Waals surface area contributed by atoms with Crippen LogP contribution in [0.1, 0.15) is 200 Å². The molecule has 0 aliphatic heterocycles. The Kier molecular flexibility index (Phi) is 32.7. The van der Waals surface area contributed by atoms with Gasteiger partial charge < -0.3 is 9.84 Å². The van der Waals surface area contributed by atoms with Gasteiger partial charge in [-0.1, -0.05) is 154 Å². The average molecular weight is 551 g/mol. The second kappa shape index (κ2) is 33.4. The van der Waals surface area contributed by atoms with Crippen LogP contribution in [0.25, 0.3) is 0 Å². The molecule has 0 saturated carbocycles. The molecule has 3 heteroatoms. The summed E-state index contributed by atoms with van der Waals surface area (Å²) in [5.41, 5.74) is 0. The molecular weight excluding hydrogens is 480 g/mol. The largest absolute Gasteiger partial charge is 0.481 e. The van der Waals surface area contributed by atoms with Gasteiger partial charge in [0.1, 0.15) is 0 Å². The molecule has 0 amide bonds. The number of hydrogen-bond donors (Lipinski definition) is 1. The van der Waals surface area contributed by atoms with Crippen molar-refractivity contribution < 1.29 is 14.6 Å².